The Morgan fingerprint density at radius 3 is 2.67 bits per heavy atom. The molecule has 0 saturated carbocycles. The lowest BCUT2D eigenvalue weighted by Crippen LogP contribution is -2.47. The molecule has 2 aromatic rings. The van der Waals surface area contributed by atoms with Crippen molar-refractivity contribution in [1.29, 1.82) is 0 Å². The molecule has 0 spiro atoms. The molecule has 162 valence electrons. The molecule has 0 radical (unpaired) electrons. The Morgan fingerprint density at radius 1 is 1.07 bits per heavy atom. The topological polar surface area (TPSA) is 71.7 Å². The second kappa shape index (κ2) is 10.7. The summed E-state index contributed by atoms with van der Waals surface area (Å²) in [5.74, 6) is 1.43. The van der Waals surface area contributed by atoms with E-state index in [1.807, 2.05) is 35.2 Å². The highest BCUT2D eigenvalue weighted by atomic mass is 16.5. The predicted octanol–water partition coefficient (Wildman–Crippen LogP) is 3.16. The minimum atomic E-state index is 0.0901. The van der Waals surface area contributed by atoms with Gasteiger partial charge in [0.15, 0.2) is 5.82 Å². The minimum absolute atomic E-state index is 0.0901. The van der Waals surface area contributed by atoms with Gasteiger partial charge in [-0.1, -0.05) is 36.2 Å². The van der Waals surface area contributed by atoms with Gasteiger partial charge >= 0.3 is 0 Å². The molecule has 0 N–H and O–H groups in total. The molecular formula is C23H32N4O3. The normalized spacial score (nSPS) is 20.8. The maximum Gasteiger partial charge on any atom is 0.257 e. The average molecular weight is 413 g/mol. The Morgan fingerprint density at radius 2 is 1.87 bits per heavy atom. The van der Waals surface area contributed by atoms with Crippen molar-refractivity contribution < 1.29 is 14.1 Å². The van der Waals surface area contributed by atoms with Crippen molar-refractivity contribution >= 4 is 5.91 Å². The van der Waals surface area contributed by atoms with E-state index in [0.717, 1.165) is 38.0 Å². The van der Waals surface area contributed by atoms with Crippen molar-refractivity contribution in [3.8, 4) is 11.5 Å². The van der Waals surface area contributed by atoms with Gasteiger partial charge in [0.05, 0.1) is 19.3 Å². The van der Waals surface area contributed by atoms with Crippen molar-refractivity contribution in [3.63, 3.8) is 0 Å². The van der Waals surface area contributed by atoms with Crippen molar-refractivity contribution in [2.75, 3.05) is 39.3 Å². The molecular weight excluding hydrogens is 380 g/mol. The third-order valence-corrected chi connectivity index (χ3v) is 5.96. The first-order valence-corrected chi connectivity index (χ1v) is 11.3. The Bertz CT molecular complexity index is 787. The van der Waals surface area contributed by atoms with Crippen molar-refractivity contribution in [1.82, 2.24) is 19.9 Å². The van der Waals surface area contributed by atoms with Crippen LogP contribution in [0.1, 0.15) is 44.3 Å². The van der Waals surface area contributed by atoms with Crippen LogP contribution in [0.4, 0.5) is 0 Å². The van der Waals surface area contributed by atoms with E-state index in [9.17, 15) is 4.79 Å². The zero-order valence-electron chi connectivity index (χ0n) is 17.7. The van der Waals surface area contributed by atoms with Crippen LogP contribution in [-0.2, 0) is 16.0 Å². The number of carbonyl (C=O) groups is 1. The summed E-state index contributed by atoms with van der Waals surface area (Å²) in [7, 11) is 0. The summed E-state index contributed by atoms with van der Waals surface area (Å²) >= 11 is 0. The summed E-state index contributed by atoms with van der Waals surface area (Å²) in [4.78, 5) is 21.5. The van der Waals surface area contributed by atoms with E-state index >= 15 is 0 Å². The lowest BCUT2D eigenvalue weighted by Gasteiger charge is -2.34. The highest BCUT2D eigenvalue weighted by molar-refractivity contribution is 5.78. The van der Waals surface area contributed by atoms with Gasteiger partial charge in [0.1, 0.15) is 0 Å². The number of likely N-dealkylation sites (tertiary alicyclic amines) is 2. The van der Waals surface area contributed by atoms with Gasteiger partial charge in [-0.3, -0.25) is 9.69 Å². The van der Waals surface area contributed by atoms with E-state index in [2.05, 4.69) is 15.0 Å². The van der Waals surface area contributed by atoms with Gasteiger partial charge in [-0.05, 0) is 50.9 Å². The van der Waals surface area contributed by atoms with Crippen LogP contribution in [0.25, 0.3) is 11.5 Å². The number of piperidine rings is 1. The zero-order valence-corrected chi connectivity index (χ0v) is 17.7. The Kier molecular flexibility index (Phi) is 7.48. The molecule has 0 aliphatic carbocycles. The van der Waals surface area contributed by atoms with Crippen LogP contribution in [0, 0.1) is 0 Å². The largest absolute Gasteiger partial charge is 0.376 e. The first-order valence-electron chi connectivity index (χ1n) is 11.3. The lowest BCUT2D eigenvalue weighted by atomic mass is 10.1. The summed E-state index contributed by atoms with van der Waals surface area (Å²) in [5.41, 5.74) is 0.919. The maximum atomic E-state index is 12.8. The molecule has 2 saturated heterocycles. The molecule has 2 fully saturated rings. The fourth-order valence-electron chi connectivity index (χ4n) is 4.26. The molecule has 1 unspecified atom stereocenters. The molecule has 1 amide bonds. The number of benzene rings is 1. The number of aromatic nitrogens is 2. The highest BCUT2D eigenvalue weighted by Crippen LogP contribution is 2.18. The third-order valence-electron chi connectivity index (χ3n) is 5.96. The standard InChI is InChI=1S/C23H32N4O3/c28-22(18-26-13-6-1-2-7-14-26)27-15-8-11-20(17-27)29-16-12-21-24-23(30-25-21)19-9-4-3-5-10-19/h3-5,9-10,20H,1-2,6-8,11-18H2. The first kappa shape index (κ1) is 21.0. The Hall–Kier alpha value is -2.25. The van der Waals surface area contributed by atoms with Gasteiger partial charge in [-0.2, -0.15) is 4.98 Å². The quantitative estimate of drug-likeness (QED) is 0.696. The maximum absolute atomic E-state index is 12.8. The van der Waals surface area contributed by atoms with Crippen molar-refractivity contribution in [2.45, 2.75) is 51.0 Å². The number of rotatable bonds is 7. The number of ether oxygens (including phenoxy) is 1. The van der Waals surface area contributed by atoms with Gasteiger partial charge in [0.2, 0.25) is 5.91 Å². The molecule has 3 heterocycles. The van der Waals surface area contributed by atoms with Crippen LogP contribution in [-0.4, -0.2) is 71.3 Å². The summed E-state index contributed by atoms with van der Waals surface area (Å²) in [6.07, 6.45) is 7.68. The smallest absolute Gasteiger partial charge is 0.257 e. The average Bonchev–Trinajstić information content (AvgIpc) is 3.11. The van der Waals surface area contributed by atoms with E-state index in [1.54, 1.807) is 0 Å². The van der Waals surface area contributed by atoms with E-state index in [4.69, 9.17) is 9.26 Å². The second-order valence-electron chi connectivity index (χ2n) is 8.30. The molecule has 1 aromatic carbocycles. The number of nitrogens with zero attached hydrogens (tertiary/aromatic N) is 4. The summed E-state index contributed by atoms with van der Waals surface area (Å²) in [6, 6.07) is 9.76. The van der Waals surface area contributed by atoms with Crippen LogP contribution in [0.5, 0.6) is 0 Å². The fourth-order valence-corrected chi connectivity index (χ4v) is 4.26. The lowest BCUT2D eigenvalue weighted by molar-refractivity contribution is -0.136. The van der Waals surface area contributed by atoms with E-state index in [-0.39, 0.29) is 12.0 Å². The van der Waals surface area contributed by atoms with Gasteiger partial charge < -0.3 is 14.2 Å². The summed E-state index contributed by atoms with van der Waals surface area (Å²) < 4.78 is 11.4. The molecule has 0 bridgehead atoms. The van der Waals surface area contributed by atoms with Gasteiger partial charge in [-0.25, -0.2) is 0 Å². The minimum Gasteiger partial charge on any atom is -0.376 e. The molecule has 1 aromatic heterocycles. The molecule has 30 heavy (non-hydrogen) atoms. The second-order valence-corrected chi connectivity index (χ2v) is 8.30. The monoisotopic (exact) mass is 412 g/mol. The van der Waals surface area contributed by atoms with Crippen molar-refractivity contribution in [3.05, 3.63) is 36.2 Å². The van der Waals surface area contributed by atoms with Gasteiger partial charge in [0, 0.05) is 25.1 Å². The van der Waals surface area contributed by atoms with E-state index in [0.29, 0.717) is 37.8 Å². The fraction of sp³-hybridized carbons (Fsp3) is 0.609. The Labute approximate surface area is 178 Å². The van der Waals surface area contributed by atoms with E-state index in [1.165, 1.54) is 25.7 Å². The molecule has 2 aliphatic heterocycles. The molecule has 4 rings (SSSR count). The van der Waals surface area contributed by atoms with Crippen LogP contribution >= 0.6 is 0 Å². The first-order chi connectivity index (χ1) is 14.8. The predicted molar refractivity (Wildman–Crippen MR) is 114 cm³/mol. The van der Waals surface area contributed by atoms with Gasteiger partial charge in [0.25, 0.3) is 5.89 Å². The Balaban J connectivity index is 1.21. The van der Waals surface area contributed by atoms with Crippen LogP contribution in [0.2, 0.25) is 0 Å². The summed E-state index contributed by atoms with van der Waals surface area (Å²) in [5, 5.41) is 4.05. The molecule has 1 atom stereocenters. The van der Waals surface area contributed by atoms with E-state index < -0.39 is 0 Å². The molecule has 7 nitrogen and oxygen atoms in total. The summed E-state index contributed by atoms with van der Waals surface area (Å²) in [6.45, 7) is 4.72. The third kappa shape index (κ3) is 5.89. The number of amides is 1. The van der Waals surface area contributed by atoms with Crippen LogP contribution < -0.4 is 0 Å². The van der Waals surface area contributed by atoms with Crippen molar-refractivity contribution in [2.24, 2.45) is 0 Å². The number of carbonyl (C=O) groups excluding carboxylic acids is 1. The molecule has 2 aliphatic rings. The van der Waals surface area contributed by atoms with Crippen LogP contribution in [0.3, 0.4) is 0 Å². The number of hydrogen-bond donors (Lipinski definition) is 0. The molecule has 7 heteroatoms. The zero-order chi connectivity index (χ0) is 20.6. The van der Waals surface area contributed by atoms with Gasteiger partial charge in [-0.15, -0.1) is 0 Å². The SMILES string of the molecule is O=C(CN1CCCCCC1)N1CCCC(OCCc2noc(-c3ccccc3)n2)C1. The highest BCUT2D eigenvalue weighted by Gasteiger charge is 2.25. The van der Waals surface area contributed by atoms with Crippen LogP contribution in [0.15, 0.2) is 34.9 Å². The number of hydrogen-bond acceptors (Lipinski definition) is 6.